The van der Waals surface area contributed by atoms with Crippen LogP contribution in [0.3, 0.4) is 0 Å². The standard InChI is InChI=1S/C42H57FN8O3/c1-5-8-12-33(42(53)46-24-35-38(6-2)49-40-36(25-47-51(40)7-3)39(35)48-32-15-19-54-20-16-32)41(52)45-23-29-13-14-37(43)34(22-29)31-11-9-10-30(21-31)27-50-18-17-44-28(4)26-50/h9-11,13-14,21-22,25,28,32-33,44H,5-8,12,15-20,23-24,26-27H2,1-4H3,(H,45,52)(H,46,53)(H,48,49)/t28-,33?/m0/s1. The number of aromatic nitrogens is 3. The van der Waals surface area contributed by atoms with E-state index in [1.807, 2.05) is 36.9 Å². The summed E-state index contributed by atoms with van der Waals surface area (Å²) in [5, 5.41) is 18.9. The lowest BCUT2D eigenvalue weighted by Gasteiger charge is -2.31. The zero-order chi connectivity index (χ0) is 38.0. The van der Waals surface area contributed by atoms with Crippen molar-refractivity contribution in [1.29, 1.82) is 0 Å². The average molecular weight is 741 g/mol. The smallest absolute Gasteiger partial charge is 0.232 e. The van der Waals surface area contributed by atoms with Crippen LogP contribution >= 0.6 is 0 Å². The fourth-order valence-corrected chi connectivity index (χ4v) is 7.66. The highest BCUT2D eigenvalue weighted by molar-refractivity contribution is 6.00. The molecule has 0 bridgehead atoms. The fraction of sp³-hybridized carbons (Fsp3) is 0.524. The number of ether oxygens (including phenoxy) is 1. The zero-order valence-electron chi connectivity index (χ0n) is 32.3. The number of aryl methyl sites for hydroxylation is 2. The third-order valence-electron chi connectivity index (χ3n) is 10.7. The number of benzene rings is 2. The van der Waals surface area contributed by atoms with Gasteiger partial charge in [0.25, 0.3) is 0 Å². The first kappa shape index (κ1) is 39.3. The van der Waals surface area contributed by atoms with E-state index in [1.165, 1.54) is 6.07 Å². The fourth-order valence-electron chi connectivity index (χ4n) is 7.66. The summed E-state index contributed by atoms with van der Waals surface area (Å²) in [5.74, 6) is -1.84. The van der Waals surface area contributed by atoms with Gasteiger partial charge in [-0.1, -0.05) is 51.0 Å². The summed E-state index contributed by atoms with van der Waals surface area (Å²) in [6.07, 6.45) is 6.31. The van der Waals surface area contributed by atoms with Gasteiger partial charge in [-0.25, -0.2) is 14.1 Å². The number of carbonyl (C=O) groups excluding carboxylic acids is 2. The van der Waals surface area contributed by atoms with E-state index in [-0.39, 0.29) is 36.8 Å². The Hall–Kier alpha value is -4.39. The van der Waals surface area contributed by atoms with Crippen molar-refractivity contribution in [2.24, 2.45) is 5.92 Å². The maximum atomic E-state index is 15.2. The molecule has 12 heteroatoms. The molecule has 11 nitrogen and oxygen atoms in total. The molecule has 2 aromatic carbocycles. The molecular weight excluding hydrogens is 684 g/mol. The molecule has 54 heavy (non-hydrogen) atoms. The molecule has 2 saturated heterocycles. The van der Waals surface area contributed by atoms with E-state index in [0.717, 1.165) is 96.5 Å². The largest absolute Gasteiger partial charge is 0.381 e. The number of carbonyl (C=O) groups is 2. The number of rotatable bonds is 16. The number of nitrogens with one attached hydrogen (secondary N) is 4. The van der Waals surface area contributed by atoms with Crippen molar-refractivity contribution in [3.8, 4) is 11.1 Å². The van der Waals surface area contributed by atoms with Crippen LogP contribution in [0.4, 0.5) is 10.1 Å². The van der Waals surface area contributed by atoms with Crippen LogP contribution in [0.1, 0.15) is 82.2 Å². The Labute approximate surface area is 318 Å². The van der Waals surface area contributed by atoms with Crippen LogP contribution in [0.15, 0.2) is 48.7 Å². The summed E-state index contributed by atoms with van der Waals surface area (Å²) in [4.78, 5) is 35.0. The number of anilines is 1. The Morgan fingerprint density at radius 2 is 1.83 bits per heavy atom. The Bertz CT molecular complexity index is 1890. The Morgan fingerprint density at radius 3 is 2.57 bits per heavy atom. The summed E-state index contributed by atoms with van der Waals surface area (Å²) in [7, 11) is 0. The second-order valence-electron chi connectivity index (χ2n) is 14.7. The lowest BCUT2D eigenvalue weighted by atomic mass is 9.98. The zero-order valence-corrected chi connectivity index (χ0v) is 32.3. The van der Waals surface area contributed by atoms with Gasteiger partial charge >= 0.3 is 0 Å². The van der Waals surface area contributed by atoms with Crippen molar-refractivity contribution in [3.63, 3.8) is 0 Å². The molecule has 0 spiro atoms. The molecule has 2 amide bonds. The first-order valence-electron chi connectivity index (χ1n) is 19.9. The van der Waals surface area contributed by atoms with Crippen LogP contribution in [0.5, 0.6) is 0 Å². The van der Waals surface area contributed by atoms with Gasteiger partial charge in [-0.15, -0.1) is 0 Å². The minimum absolute atomic E-state index is 0.182. The predicted molar refractivity (Wildman–Crippen MR) is 211 cm³/mol. The van der Waals surface area contributed by atoms with Crippen molar-refractivity contribution in [3.05, 3.63) is 76.9 Å². The van der Waals surface area contributed by atoms with E-state index in [4.69, 9.17) is 9.72 Å². The number of halogens is 1. The summed E-state index contributed by atoms with van der Waals surface area (Å²) < 4.78 is 22.7. The normalized spacial score (nSPS) is 17.4. The molecule has 4 N–H and O–H groups in total. The molecule has 0 radical (unpaired) electrons. The Kier molecular flexibility index (Phi) is 13.7. The molecule has 290 valence electrons. The van der Waals surface area contributed by atoms with Crippen molar-refractivity contribution in [2.75, 3.05) is 38.2 Å². The molecule has 4 heterocycles. The molecule has 2 aromatic heterocycles. The van der Waals surface area contributed by atoms with Gasteiger partial charge in [0.05, 0.1) is 17.3 Å². The Balaban J connectivity index is 1.15. The van der Waals surface area contributed by atoms with Crippen molar-refractivity contribution < 1.29 is 18.7 Å². The highest BCUT2D eigenvalue weighted by Crippen LogP contribution is 2.32. The minimum Gasteiger partial charge on any atom is -0.381 e. The molecule has 2 fully saturated rings. The van der Waals surface area contributed by atoms with Gasteiger partial charge in [0.1, 0.15) is 11.7 Å². The maximum Gasteiger partial charge on any atom is 0.232 e. The quantitative estimate of drug-likeness (QED) is 0.104. The highest BCUT2D eigenvalue weighted by Gasteiger charge is 2.28. The SMILES string of the molecule is CCCCC(C(=O)NCc1ccc(F)c(-c2cccc(CN3CCN[C@@H](C)C3)c2)c1)C(=O)NCc1c(CC)nc2c(cnn2CC)c1NC1CCOCC1. The van der Waals surface area contributed by atoms with Crippen LogP contribution in [0, 0.1) is 11.7 Å². The number of unbranched alkanes of at least 4 members (excludes halogenated alkanes) is 1. The number of fused-ring (bicyclic) bond motifs is 1. The van der Waals surface area contributed by atoms with Crippen LogP contribution in [0.2, 0.25) is 0 Å². The van der Waals surface area contributed by atoms with E-state index in [0.29, 0.717) is 44.2 Å². The molecular formula is C42H57FN8O3. The van der Waals surface area contributed by atoms with Crippen molar-refractivity contribution >= 4 is 28.5 Å². The van der Waals surface area contributed by atoms with Gasteiger partial charge in [0, 0.05) is 87.9 Å². The molecule has 1 unspecified atom stereocenters. The lowest BCUT2D eigenvalue weighted by Crippen LogP contribution is -2.48. The summed E-state index contributed by atoms with van der Waals surface area (Å²) in [5.41, 5.74) is 6.75. The number of pyridine rings is 1. The average Bonchev–Trinajstić information content (AvgIpc) is 3.60. The van der Waals surface area contributed by atoms with Gasteiger partial charge in [-0.3, -0.25) is 14.5 Å². The molecule has 0 saturated carbocycles. The summed E-state index contributed by atoms with van der Waals surface area (Å²) in [6.45, 7) is 14.6. The number of hydrogen-bond donors (Lipinski definition) is 4. The van der Waals surface area contributed by atoms with Gasteiger partial charge in [0.2, 0.25) is 11.8 Å². The van der Waals surface area contributed by atoms with Gasteiger partial charge in [0.15, 0.2) is 5.65 Å². The monoisotopic (exact) mass is 740 g/mol. The van der Waals surface area contributed by atoms with Crippen LogP contribution in [-0.4, -0.2) is 76.4 Å². The number of nitrogens with zero attached hydrogens (tertiary/aromatic N) is 4. The molecule has 2 atom stereocenters. The number of amides is 2. The predicted octanol–water partition coefficient (Wildman–Crippen LogP) is 5.94. The first-order valence-corrected chi connectivity index (χ1v) is 19.9. The van der Waals surface area contributed by atoms with Crippen LogP contribution < -0.4 is 21.3 Å². The van der Waals surface area contributed by atoms with Crippen LogP contribution in [0.25, 0.3) is 22.2 Å². The highest BCUT2D eigenvalue weighted by atomic mass is 19.1. The van der Waals surface area contributed by atoms with E-state index in [1.54, 1.807) is 12.1 Å². The van der Waals surface area contributed by atoms with Gasteiger partial charge in [-0.05, 0) is 74.4 Å². The van der Waals surface area contributed by atoms with Crippen molar-refractivity contribution in [2.45, 2.75) is 104 Å². The molecule has 2 aliphatic rings. The van der Waals surface area contributed by atoms with Gasteiger partial charge < -0.3 is 26.0 Å². The number of piperazine rings is 1. The maximum absolute atomic E-state index is 15.2. The third-order valence-corrected chi connectivity index (χ3v) is 10.7. The van der Waals surface area contributed by atoms with E-state index in [9.17, 15) is 9.59 Å². The summed E-state index contributed by atoms with van der Waals surface area (Å²) in [6, 6.07) is 13.6. The third kappa shape index (κ3) is 9.64. The van der Waals surface area contributed by atoms with E-state index in [2.05, 4.69) is 57.2 Å². The van der Waals surface area contributed by atoms with E-state index < -0.39 is 5.92 Å². The topological polar surface area (TPSA) is 125 Å². The first-order chi connectivity index (χ1) is 26.3. The molecule has 0 aliphatic carbocycles. The van der Waals surface area contributed by atoms with E-state index >= 15 is 4.39 Å². The number of hydrogen-bond acceptors (Lipinski definition) is 8. The van der Waals surface area contributed by atoms with Crippen LogP contribution in [-0.2, 0) is 46.9 Å². The lowest BCUT2D eigenvalue weighted by molar-refractivity contribution is -0.135. The molecule has 4 aromatic rings. The summed E-state index contributed by atoms with van der Waals surface area (Å²) >= 11 is 0. The molecule has 6 rings (SSSR count). The Morgan fingerprint density at radius 1 is 1.04 bits per heavy atom. The second kappa shape index (κ2) is 18.8. The van der Waals surface area contributed by atoms with Gasteiger partial charge in [-0.2, -0.15) is 5.10 Å². The second-order valence-corrected chi connectivity index (χ2v) is 14.7. The van der Waals surface area contributed by atoms with Crippen molar-refractivity contribution in [1.82, 2.24) is 35.6 Å². The minimum atomic E-state index is -0.870. The molecule has 2 aliphatic heterocycles.